The molecular formula is C29H41N5O7. The Labute approximate surface area is 240 Å². The minimum absolute atomic E-state index is 0.0330. The Balaban J connectivity index is 1.96. The summed E-state index contributed by atoms with van der Waals surface area (Å²) >= 11 is 0. The van der Waals surface area contributed by atoms with E-state index in [-0.39, 0.29) is 18.7 Å². The van der Waals surface area contributed by atoms with Crippen LogP contribution in [-0.2, 0) is 14.3 Å². The SMILES string of the molecule is COC(=O)c1cc(O[C@H]2CC(C(N)=O)N(C(=O)[C@@H](NC(=O)NC(C)(C)C)C(C)(C)C)C2)c2ccc(OC)c(C)c2n1. The minimum atomic E-state index is -0.958. The number of esters is 1. The van der Waals surface area contributed by atoms with Crippen LogP contribution in [0.3, 0.4) is 0 Å². The number of rotatable bonds is 7. The van der Waals surface area contributed by atoms with Gasteiger partial charge in [-0.2, -0.15) is 0 Å². The highest BCUT2D eigenvalue weighted by atomic mass is 16.5. The lowest BCUT2D eigenvalue weighted by Gasteiger charge is -2.35. The van der Waals surface area contributed by atoms with Crippen molar-refractivity contribution in [2.24, 2.45) is 11.1 Å². The lowest BCUT2D eigenvalue weighted by atomic mass is 9.85. The Bertz CT molecular complexity index is 1350. The van der Waals surface area contributed by atoms with Crippen molar-refractivity contribution < 1.29 is 33.4 Å². The Morgan fingerprint density at radius 2 is 1.73 bits per heavy atom. The Morgan fingerprint density at radius 1 is 1.07 bits per heavy atom. The number of pyridine rings is 1. The van der Waals surface area contributed by atoms with Crippen LogP contribution in [0.5, 0.6) is 11.5 Å². The molecule has 1 unspecified atom stereocenters. The van der Waals surface area contributed by atoms with E-state index in [4.69, 9.17) is 19.9 Å². The second kappa shape index (κ2) is 11.8. The summed E-state index contributed by atoms with van der Waals surface area (Å²) in [6, 6.07) is 2.59. The average Bonchev–Trinajstić information content (AvgIpc) is 3.29. The van der Waals surface area contributed by atoms with Crippen LogP contribution in [0.4, 0.5) is 4.79 Å². The molecule has 12 heteroatoms. The number of hydrogen-bond acceptors (Lipinski definition) is 8. The highest BCUT2D eigenvalue weighted by Gasteiger charge is 2.45. The highest BCUT2D eigenvalue weighted by Crippen LogP contribution is 2.35. The van der Waals surface area contributed by atoms with E-state index in [9.17, 15) is 19.2 Å². The van der Waals surface area contributed by atoms with Gasteiger partial charge in [0.25, 0.3) is 0 Å². The van der Waals surface area contributed by atoms with Gasteiger partial charge in [0, 0.05) is 29.0 Å². The van der Waals surface area contributed by atoms with Crippen molar-refractivity contribution in [1.29, 1.82) is 0 Å². The molecular weight excluding hydrogens is 530 g/mol. The van der Waals surface area contributed by atoms with Gasteiger partial charge in [0.15, 0.2) is 5.69 Å². The van der Waals surface area contributed by atoms with Crippen molar-refractivity contribution in [2.45, 2.75) is 78.6 Å². The molecule has 1 fully saturated rings. The van der Waals surface area contributed by atoms with Gasteiger partial charge >= 0.3 is 12.0 Å². The number of carbonyl (C=O) groups is 4. The average molecular weight is 572 g/mol. The van der Waals surface area contributed by atoms with Crippen LogP contribution >= 0.6 is 0 Å². The molecule has 1 saturated heterocycles. The molecule has 0 radical (unpaired) electrons. The number of likely N-dealkylation sites (tertiary alicyclic amines) is 1. The predicted molar refractivity (Wildman–Crippen MR) is 153 cm³/mol. The van der Waals surface area contributed by atoms with E-state index in [2.05, 4.69) is 15.6 Å². The molecule has 3 atom stereocenters. The summed E-state index contributed by atoms with van der Waals surface area (Å²) in [5.74, 6) is -0.872. The maximum Gasteiger partial charge on any atom is 0.356 e. The standard InChI is InChI=1S/C29H41N5O7/c1-15-20(39-8)11-10-17-21(13-18(26(37)40-9)31-22(15)17)41-16-12-19(24(30)35)34(14-16)25(36)23(28(2,3)4)32-27(38)33-29(5,6)7/h10-11,13,16,19,23H,12,14H2,1-9H3,(H2,30,35)(H2,32,33,38)/t16-,19?,23+/m0/s1. The molecule has 1 aliphatic rings. The van der Waals surface area contributed by atoms with Crippen molar-refractivity contribution >= 4 is 34.7 Å². The number of nitrogens with zero attached hydrogens (tertiary/aromatic N) is 2. The number of carbonyl (C=O) groups excluding carboxylic acids is 4. The third kappa shape index (κ3) is 7.17. The minimum Gasteiger partial charge on any atom is -0.496 e. The van der Waals surface area contributed by atoms with Crippen LogP contribution in [0.1, 0.15) is 64.0 Å². The first-order valence-corrected chi connectivity index (χ1v) is 13.4. The van der Waals surface area contributed by atoms with E-state index in [0.29, 0.717) is 28.0 Å². The predicted octanol–water partition coefficient (Wildman–Crippen LogP) is 2.68. The number of aryl methyl sites for hydroxylation is 1. The number of amides is 4. The number of nitrogens with one attached hydrogen (secondary N) is 2. The Kier molecular flexibility index (Phi) is 9.04. The quantitative estimate of drug-likeness (QED) is 0.427. The maximum absolute atomic E-state index is 13.9. The molecule has 1 aromatic heterocycles. The number of urea groups is 1. The van der Waals surface area contributed by atoms with Crippen molar-refractivity contribution in [3.63, 3.8) is 0 Å². The Morgan fingerprint density at radius 3 is 2.27 bits per heavy atom. The number of ether oxygens (including phenoxy) is 3. The molecule has 4 N–H and O–H groups in total. The van der Waals surface area contributed by atoms with Crippen LogP contribution in [0, 0.1) is 12.3 Å². The van der Waals surface area contributed by atoms with E-state index < -0.39 is 53.0 Å². The van der Waals surface area contributed by atoms with Crippen LogP contribution in [0.25, 0.3) is 10.9 Å². The van der Waals surface area contributed by atoms with Crippen LogP contribution in [0.15, 0.2) is 18.2 Å². The number of methoxy groups -OCH3 is 2. The third-order valence-electron chi connectivity index (χ3n) is 6.81. The summed E-state index contributed by atoms with van der Waals surface area (Å²) in [6.07, 6.45) is -0.516. The molecule has 1 aromatic carbocycles. The second-order valence-corrected chi connectivity index (χ2v) is 12.3. The highest BCUT2D eigenvalue weighted by molar-refractivity contribution is 5.96. The zero-order chi connectivity index (χ0) is 30.9. The van der Waals surface area contributed by atoms with Gasteiger partial charge < -0.3 is 35.5 Å². The van der Waals surface area contributed by atoms with Gasteiger partial charge in [-0.1, -0.05) is 20.8 Å². The summed E-state index contributed by atoms with van der Waals surface area (Å²) < 4.78 is 16.6. The largest absolute Gasteiger partial charge is 0.496 e. The maximum atomic E-state index is 13.9. The first-order chi connectivity index (χ1) is 19.0. The van der Waals surface area contributed by atoms with Gasteiger partial charge in [0.1, 0.15) is 29.7 Å². The van der Waals surface area contributed by atoms with E-state index in [1.54, 1.807) is 12.1 Å². The van der Waals surface area contributed by atoms with E-state index >= 15 is 0 Å². The normalized spacial score (nSPS) is 18.0. The fourth-order valence-electron chi connectivity index (χ4n) is 4.80. The number of benzene rings is 1. The number of aromatic nitrogens is 1. The number of primary amides is 1. The molecule has 41 heavy (non-hydrogen) atoms. The van der Waals surface area contributed by atoms with E-state index in [1.165, 1.54) is 25.2 Å². The van der Waals surface area contributed by atoms with Gasteiger partial charge in [-0.25, -0.2) is 14.6 Å². The summed E-state index contributed by atoms with van der Waals surface area (Å²) in [4.78, 5) is 57.3. The van der Waals surface area contributed by atoms with Gasteiger partial charge in [-0.15, -0.1) is 0 Å². The number of fused-ring (bicyclic) bond motifs is 1. The lowest BCUT2D eigenvalue weighted by Crippen LogP contribution is -2.60. The molecule has 1 aliphatic heterocycles. The summed E-state index contributed by atoms with van der Waals surface area (Å²) in [5.41, 5.74) is 5.75. The molecule has 2 heterocycles. The van der Waals surface area contributed by atoms with Crippen LogP contribution in [-0.4, -0.2) is 78.2 Å². The summed E-state index contributed by atoms with van der Waals surface area (Å²) in [7, 11) is 2.79. The molecule has 0 bridgehead atoms. The molecule has 4 amide bonds. The molecule has 0 spiro atoms. The van der Waals surface area contributed by atoms with Crippen molar-refractivity contribution in [2.75, 3.05) is 20.8 Å². The molecule has 0 aliphatic carbocycles. The van der Waals surface area contributed by atoms with Crippen molar-refractivity contribution in [3.05, 3.63) is 29.5 Å². The number of hydrogen-bond donors (Lipinski definition) is 3. The fraction of sp³-hybridized carbons (Fsp3) is 0.552. The van der Waals surface area contributed by atoms with Crippen LogP contribution in [0.2, 0.25) is 0 Å². The molecule has 2 aromatic rings. The van der Waals surface area contributed by atoms with Crippen LogP contribution < -0.4 is 25.8 Å². The summed E-state index contributed by atoms with van der Waals surface area (Å²) in [6.45, 7) is 12.8. The first kappa shape index (κ1) is 31.4. The second-order valence-electron chi connectivity index (χ2n) is 12.3. The van der Waals surface area contributed by atoms with Gasteiger partial charge in [-0.3, -0.25) is 9.59 Å². The molecule has 0 saturated carbocycles. The zero-order valence-corrected chi connectivity index (χ0v) is 25.2. The monoisotopic (exact) mass is 571 g/mol. The van der Waals surface area contributed by atoms with Gasteiger partial charge in [-0.05, 0) is 45.2 Å². The summed E-state index contributed by atoms with van der Waals surface area (Å²) in [5, 5.41) is 6.19. The number of nitrogens with two attached hydrogens (primary N) is 1. The van der Waals surface area contributed by atoms with Crippen molar-refractivity contribution in [3.8, 4) is 11.5 Å². The van der Waals surface area contributed by atoms with E-state index in [1.807, 2.05) is 48.5 Å². The van der Waals surface area contributed by atoms with Gasteiger partial charge in [0.05, 0.1) is 26.3 Å². The first-order valence-electron chi connectivity index (χ1n) is 13.4. The molecule has 224 valence electrons. The third-order valence-corrected chi connectivity index (χ3v) is 6.81. The molecule has 3 rings (SSSR count). The topological polar surface area (TPSA) is 162 Å². The zero-order valence-electron chi connectivity index (χ0n) is 25.2. The molecule has 12 nitrogen and oxygen atoms in total. The van der Waals surface area contributed by atoms with Crippen molar-refractivity contribution in [1.82, 2.24) is 20.5 Å². The van der Waals surface area contributed by atoms with Gasteiger partial charge in [0.2, 0.25) is 11.8 Å². The smallest absolute Gasteiger partial charge is 0.356 e. The fourth-order valence-corrected chi connectivity index (χ4v) is 4.80. The Hall–Kier alpha value is -4.09. The lowest BCUT2D eigenvalue weighted by molar-refractivity contribution is -0.141. The van der Waals surface area contributed by atoms with E-state index in [0.717, 1.165) is 0 Å².